The Kier molecular flexibility index (Phi) is 3.10. The molecule has 0 aliphatic heterocycles. The first-order valence-electron chi connectivity index (χ1n) is 5.98. The minimum absolute atomic E-state index is 0.362. The summed E-state index contributed by atoms with van der Waals surface area (Å²) >= 11 is 6.24. The normalized spacial score (nSPS) is 10.8. The highest BCUT2D eigenvalue weighted by atomic mass is 35.5. The molecule has 3 heteroatoms. The Balaban J connectivity index is 2.07. The molecule has 0 atom stereocenters. The van der Waals surface area contributed by atoms with Crippen LogP contribution in [0.1, 0.15) is 11.1 Å². The van der Waals surface area contributed by atoms with Crippen molar-refractivity contribution in [3.8, 4) is 0 Å². The zero-order valence-corrected chi connectivity index (χ0v) is 10.9. The van der Waals surface area contributed by atoms with Crippen LogP contribution >= 0.6 is 11.6 Å². The topological polar surface area (TPSA) is 30.2 Å². The van der Waals surface area contributed by atoms with Crippen molar-refractivity contribution >= 4 is 22.6 Å². The van der Waals surface area contributed by atoms with Gasteiger partial charge in [0.05, 0.1) is 0 Å². The maximum atomic E-state index is 11.2. The third-order valence-corrected chi connectivity index (χ3v) is 3.38. The molecule has 3 rings (SSSR count). The van der Waals surface area contributed by atoms with Crippen LogP contribution in [0.25, 0.3) is 11.0 Å². The lowest BCUT2D eigenvalue weighted by Crippen LogP contribution is -1.96. The first-order chi connectivity index (χ1) is 9.22. The number of hydrogen-bond donors (Lipinski definition) is 0. The number of rotatable bonds is 2. The predicted octanol–water partition coefficient (Wildman–Crippen LogP) is 4.04. The van der Waals surface area contributed by atoms with Gasteiger partial charge in [-0.05, 0) is 29.7 Å². The van der Waals surface area contributed by atoms with Crippen molar-refractivity contribution in [2.45, 2.75) is 6.42 Å². The third-order valence-electron chi connectivity index (χ3n) is 3.03. The number of hydrogen-bond acceptors (Lipinski definition) is 2. The van der Waals surface area contributed by atoms with E-state index in [0.29, 0.717) is 10.6 Å². The van der Waals surface area contributed by atoms with Gasteiger partial charge in [0, 0.05) is 22.5 Å². The van der Waals surface area contributed by atoms with Crippen molar-refractivity contribution < 1.29 is 4.42 Å². The van der Waals surface area contributed by atoms with Gasteiger partial charge in [-0.1, -0.05) is 41.9 Å². The summed E-state index contributed by atoms with van der Waals surface area (Å²) in [4.78, 5) is 11.2. The molecular formula is C16H11ClO2. The molecule has 0 aliphatic carbocycles. The van der Waals surface area contributed by atoms with Crippen molar-refractivity contribution in [2.24, 2.45) is 0 Å². The summed E-state index contributed by atoms with van der Waals surface area (Å²) in [6.07, 6.45) is 0.759. The van der Waals surface area contributed by atoms with Gasteiger partial charge in [-0.3, -0.25) is 0 Å². The van der Waals surface area contributed by atoms with E-state index in [1.165, 1.54) is 11.6 Å². The van der Waals surface area contributed by atoms with Crippen LogP contribution < -0.4 is 5.63 Å². The minimum Gasteiger partial charge on any atom is -0.423 e. The van der Waals surface area contributed by atoms with E-state index >= 15 is 0 Å². The van der Waals surface area contributed by atoms with Gasteiger partial charge < -0.3 is 4.42 Å². The zero-order chi connectivity index (χ0) is 13.2. The fourth-order valence-corrected chi connectivity index (χ4v) is 2.31. The van der Waals surface area contributed by atoms with Gasteiger partial charge in [-0.15, -0.1) is 0 Å². The molecule has 19 heavy (non-hydrogen) atoms. The number of benzene rings is 2. The first kappa shape index (κ1) is 12.0. The fraction of sp³-hybridized carbons (Fsp3) is 0.0625. The number of halogens is 1. The first-order valence-corrected chi connectivity index (χ1v) is 6.36. The molecule has 0 bridgehead atoms. The van der Waals surface area contributed by atoms with Gasteiger partial charge in [0.25, 0.3) is 0 Å². The third kappa shape index (κ3) is 2.54. The van der Waals surface area contributed by atoms with Crippen molar-refractivity contribution in [1.82, 2.24) is 0 Å². The zero-order valence-electron chi connectivity index (χ0n) is 10.1. The summed E-state index contributed by atoms with van der Waals surface area (Å²) in [5, 5.41) is 1.50. The summed E-state index contributed by atoms with van der Waals surface area (Å²) in [6.45, 7) is 0. The van der Waals surface area contributed by atoms with Crippen LogP contribution in [0.4, 0.5) is 0 Å². The Morgan fingerprint density at radius 1 is 1.00 bits per heavy atom. The summed E-state index contributed by atoms with van der Waals surface area (Å²) < 4.78 is 5.11. The molecule has 0 amide bonds. The van der Waals surface area contributed by atoms with Crippen molar-refractivity contribution in [3.63, 3.8) is 0 Å². The van der Waals surface area contributed by atoms with Crippen LogP contribution in [0, 0.1) is 0 Å². The average molecular weight is 271 g/mol. The van der Waals surface area contributed by atoms with Crippen molar-refractivity contribution in [3.05, 3.63) is 81.2 Å². The molecule has 0 saturated carbocycles. The Morgan fingerprint density at radius 3 is 2.58 bits per heavy atom. The van der Waals surface area contributed by atoms with Crippen LogP contribution in [-0.2, 0) is 6.42 Å². The highest BCUT2D eigenvalue weighted by Crippen LogP contribution is 2.25. The van der Waals surface area contributed by atoms with Crippen LogP contribution in [0.5, 0.6) is 0 Å². The molecule has 0 fully saturated rings. The van der Waals surface area contributed by atoms with E-state index in [2.05, 4.69) is 12.1 Å². The Labute approximate surface area is 115 Å². The highest BCUT2D eigenvalue weighted by Gasteiger charge is 2.06. The second kappa shape index (κ2) is 4.90. The smallest absolute Gasteiger partial charge is 0.336 e. The summed E-state index contributed by atoms with van der Waals surface area (Å²) in [6, 6.07) is 17.0. The Hall–Kier alpha value is -2.06. The Bertz CT molecular complexity index is 776. The lowest BCUT2D eigenvalue weighted by Gasteiger charge is -2.06. The lowest BCUT2D eigenvalue weighted by molar-refractivity contribution is 0.561. The molecule has 0 radical (unpaired) electrons. The van der Waals surface area contributed by atoms with E-state index in [1.807, 2.05) is 24.3 Å². The molecule has 0 saturated heterocycles. The fourth-order valence-electron chi connectivity index (χ4n) is 2.09. The standard InChI is InChI=1S/C16H11ClO2/c17-14-10-15-12(6-7-16(18)19-15)9-13(14)8-11-4-2-1-3-5-11/h1-7,9-10H,8H2. The maximum absolute atomic E-state index is 11.2. The number of fused-ring (bicyclic) bond motifs is 1. The van der Waals surface area contributed by atoms with Gasteiger partial charge in [-0.2, -0.15) is 0 Å². The molecule has 3 aromatic rings. The molecule has 0 spiro atoms. The van der Waals surface area contributed by atoms with E-state index in [-0.39, 0.29) is 5.63 Å². The molecule has 0 unspecified atom stereocenters. The van der Waals surface area contributed by atoms with Crippen LogP contribution in [0.15, 0.2) is 63.8 Å². The molecule has 1 heterocycles. The molecule has 94 valence electrons. The van der Waals surface area contributed by atoms with Gasteiger partial charge in [-0.25, -0.2) is 4.79 Å². The second-order valence-electron chi connectivity index (χ2n) is 4.40. The molecule has 2 nitrogen and oxygen atoms in total. The van der Waals surface area contributed by atoms with Gasteiger partial charge in [0.2, 0.25) is 0 Å². The summed E-state index contributed by atoms with van der Waals surface area (Å²) in [7, 11) is 0. The van der Waals surface area contributed by atoms with Gasteiger partial charge in [0.1, 0.15) is 5.58 Å². The second-order valence-corrected chi connectivity index (χ2v) is 4.81. The molecule has 0 N–H and O–H groups in total. The monoisotopic (exact) mass is 270 g/mol. The largest absolute Gasteiger partial charge is 0.423 e. The van der Waals surface area contributed by atoms with Crippen LogP contribution in [0.2, 0.25) is 5.02 Å². The van der Waals surface area contributed by atoms with E-state index in [4.69, 9.17) is 16.0 Å². The van der Waals surface area contributed by atoms with Gasteiger partial charge in [0.15, 0.2) is 0 Å². The maximum Gasteiger partial charge on any atom is 0.336 e. The molecular weight excluding hydrogens is 260 g/mol. The molecule has 1 aromatic heterocycles. The SMILES string of the molecule is O=c1ccc2cc(Cc3ccccc3)c(Cl)cc2o1. The lowest BCUT2D eigenvalue weighted by atomic mass is 10.0. The summed E-state index contributed by atoms with van der Waals surface area (Å²) in [5.41, 5.74) is 2.38. The molecule has 2 aromatic carbocycles. The van der Waals surface area contributed by atoms with Gasteiger partial charge >= 0.3 is 5.63 Å². The van der Waals surface area contributed by atoms with Crippen molar-refractivity contribution in [2.75, 3.05) is 0 Å². The van der Waals surface area contributed by atoms with E-state index in [1.54, 1.807) is 12.1 Å². The molecule has 0 aliphatic rings. The average Bonchev–Trinajstić information content (AvgIpc) is 2.41. The van der Waals surface area contributed by atoms with Crippen LogP contribution in [0.3, 0.4) is 0 Å². The predicted molar refractivity (Wildman–Crippen MR) is 76.7 cm³/mol. The van der Waals surface area contributed by atoms with E-state index < -0.39 is 0 Å². The van der Waals surface area contributed by atoms with Crippen LogP contribution in [-0.4, -0.2) is 0 Å². The minimum atomic E-state index is -0.362. The van der Waals surface area contributed by atoms with Crippen molar-refractivity contribution in [1.29, 1.82) is 0 Å². The quantitative estimate of drug-likeness (QED) is 0.658. The highest BCUT2D eigenvalue weighted by molar-refractivity contribution is 6.32. The van der Waals surface area contributed by atoms with E-state index in [9.17, 15) is 4.79 Å². The van der Waals surface area contributed by atoms with E-state index in [0.717, 1.165) is 17.4 Å². The Morgan fingerprint density at radius 2 is 1.79 bits per heavy atom. The summed E-state index contributed by atoms with van der Waals surface area (Å²) in [5.74, 6) is 0.